The molecule has 19 heavy (non-hydrogen) atoms. The van der Waals surface area contributed by atoms with Gasteiger partial charge in [-0.3, -0.25) is 0 Å². The van der Waals surface area contributed by atoms with Crippen molar-refractivity contribution in [2.75, 3.05) is 32.0 Å². The molecular formula is C14H20N4S. The molecule has 4 nitrogen and oxygen atoms in total. The maximum absolute atomic E-state index is 4.38. The van der Waals surface area contributed by atoms with Crippen molar-refractivity contribution < 1.29 is 0 Å². The summed E-state index contributed by atoms with van der Waals surface area (Å²) in [5.74, 6) is 0.978. The first kappa shape index (κ1) is 12.8. The molecule has 2 aromatic heterocycles. The van der Waals surface area contributed by atoms with Crippen molar-refractivity contribution >= 4 is 27.4 Å². The molecule has 102 valence electrons. The lowest BCUT2D eigenvalue weighted by atomic mass is 9.80. The molecule has 1 N–H and O–H groups in total. The predicted octanol–water partition coefficient (Wildman–Crippen LogP) is 2.84. The summed E-state index contributed by atoms with van der Waals surface area (Å²) >= 11 is 1.66. The SMILES string of the molecule is CN1CCC(C)(CNc2ncnc3sccc23)CC1. The molecule has 1 aliphatic heterocycles. The van der Waals surface area contributed by atoms with Gasteiger partial charge < -0.3 is 10.2 Å². The molecule has 1 aliphatic rings. The number of anilines is 1. The third-order valence-corrected chi connectivity index (χ3v) is 4.96. The Labute approximate surface area is 117 Å². The van der Waals surface area contributed by atoms with Crippen LogP contribution in [0.1, 0.15) is 19.8 Å². The Morgan fingerprint density at radius 3 is 2.95 bits per heavy atom. The minimum Gasteiger partial charge on any atom is -0.369 e. The predicted molar refractivity (Wildman–Crippen MR) is 80.7 cm³/mol. The summed E-state index contributed by atoms with van der Waals surface area (Å²) in [5.41, 5.74) is 0.375. The number of rotatable bonds is 3. The Morgan fingerprint density at radius 1 is 1.37 bits per heavy atom. The monoisotopic (exact) mass is 276 g/mol. The van der Waals surface area contributed by atoms with Gasteiger partial charge in [0.15, 0.2) is 0 Å². The largest absolute Gasteiger partial charge is 0.369 e. The molecule has 0 bridgehead atoms. The summed E-state index contributed by atoms with van der Waals surface area (Å²) in [6, 6.07) is 2.10. The fourth-order valence-corrected chi connectivity index (χ4v) is 3.30. The molecule has 0 radical (unpaired) electrons. The maximum Gasteiger partial charge on any atom is 0.138 e. The van der Waals surface area contributed by atoms with Gasteiger partial charge in [0.1, 0.15) is 17.0 Å². The van der Waals surface area contributed by atoms with Crippen molar-refractivity contribution in [2.24, 2.45) is 5.41 Å². The quantitative estimate of drug-likeness (QED) is 0.936. The summed E-state index contributed by atoms with van der Waals surface area (Å²) in [7, 11) is 2.20. The van der Waals surface area contributed by atoms with Gasteiger partial charge in [-0.2, -0.15) is 0 Å². The van der Waals surface area contributed by atoms with E-state index >= 15 is 0 Å². The first-order chi connectivity index (χ1) is 9.16. The minimum atomic E-state index is 0.375. The molecule has 0 aromatic carbocycles. The average Bonchev–Trinajstić information content (AvgIpc) is 2.89. The smallest absolute Gasteiger partial charge is 0.138 e. The van der Waals surface area contributed by atoms with Crippen molar-refractivity contribution in [3.05, 3.63) is 17.8 Å². The molecule has 3 rings (SSSR count). The van der Waals surface area contributed by atoms with Crippen LogP contribution in [-0.4, -0.2) is 41.5 Å². The van der Waals surface area contributed by atoms with Crippen LogP contribution in [0.15, 0.2) is 17.8 Å². The van der Waals surface area contributed by atoms with E-state index in [-0.39, 0.29) is 0 Å². The second kappa shape index (κ2) is 5.06. The number of hydrogen-bond acceptors (Lipinski definition) is 5. The Hall–Kier alpha value is -1.20. The van der Waals surface area contributed by atoms with Crippen LogP contribution in [-0.2, 0) is 0 Å². The van der Waals surface area contributed by atoms with Gasteiger partial charge in [0.25, 0.3) is 0 Å². The van der Waals surface area contributed by atoms with Gasteiger partial charge in [-0.05, 0) is 49.8 Å². The first-order valence-electron chi connectivity index (χ1n) is 6.77. The van der Waals surface area contributed by atoms with Crippen molar-refractivity contribution in [1.29, 1.82) is 0 Å². The summed E-state index contributed by atoms with van der Waals surface area (Å²) in [6.45, 7) is 5.74. The van der Waals surface area contributed by atoms with Crippen LogP contribution >= 0.6 is 11.3 Å². The average molecular weight is 276 g/mol. The highest BCUT2D eigenvalue weighted by atomic mass is 32.1. The van der Waals surface area contributed by atoms with Crippen LogP contribution in [0.3, 0.4) is 0 Å². The van der Waals surface area contributed by atoms with Gasteiger partial charge in [-0.1, -0.05) is 6.92 Å². The second-order valence-corrected chi connectivity index (χ2v) is 6.72. The number of fused-ring (bicyclic) bond motifs is 1. The Bertz CT molecular complexity index is 557. The molecule has 0 unspecified atom stereocenters. The number of likely N-dealkylation sites (tertiary alicyclic amines) is 1. The number of aromatic nitrogens is 2. The standard InChI is InChI=1S/C14H20N4S/c1-14(4-6-18(2)7-5-14)9-15-12-11-3-8-19-13(11)17-10-16-12/h3,8,10H,4-7,9H2,1-2H3,(H,15,16,17). The van der Waals surface area contributed by atoms with Gasteiger partial charge in [0.2, 0.25) is 0 Å². The lowest BCUT2D eigenvalue weighted by molar-refractivity contribution is 0.150. The highest BCUT2D eigenvalue weighted by Crippen LogP contribution is 2.31. The molecule has 0 amide bonds. The zero-order valence-electron chi connectivity index (χ0n) is 11.5. The van der Waals surface area contributed by atoms with Crippen LogP contribution in [0.2, 0.25) is 0 Å². The van der Waals surface area contributed by atoms with E-state index in [0.717, 1.165) is 22.6 Å². The second-order valence-electron chi connectivity index (χ2n) is 5.83. The topological polar surface area (TPSA) is 41.0 Å². The van der Waals surface area contributed by atoms with E-state index in [9.17, 15) is 0 Å². The molecule has 0 atom stereocenters. The van der Waals surface area contributed by atoms with Crippen LogP contribution in [0.5, 0.6) is 0 Å². The maximum atomic E-state index is 4.38. The van der Waals surface area contributed by atoms with Crippen LogP contribution in [0.25, 0.3) is 10.2 Å². The lowest BCUT2D eigenvalue weighted by Crippen LogP contribution is -2.40. The van der Waals surface area contributed by atoms with Crippen LogP contribution in [0, 0.1) is 5.41 Å². The Balaban J connectivity index is 1.70. The summed E-state index contributed by atoms with van der Waals surface area (Å²) < 4.78 is 0. The molecule has 0 spiro atoms. The van der Waals surface area contributed by atoms with E-state index in [1.165, 1.54) is 25.9 Å². The molecule has 1 fully saturated rings. The van der Waals surface area contributed by atoms with Crippen molar-refractivity contribution in [2.45, 2.75) is 19.8 Å². The van der Waals surface area contributed by atoms with E-state index in [1.807, 2.05) is 0 Å². The molecule has 2 aromatic rings. The zero-order valence-corrected chi connectivity index (χ0v) is 12.3. The number of piperidine rings is 1. The minimum absolute atomic E-state index is 0.375. The highest BCUT2D eigenvalue weighted by molar-refractivity contribution is 7.16. The van der Waals surface area contributed by atoms with E-state index in [2.05, 4.69) is 45.6 Å². The lowest BCUT2D eigenvalue weighted by Gasteiger charge is -2.38. The molecule has 5 heteroatoms. The van der Waals surface area contributed by atoms with Crippen LogP contribution < -0.4 is 5.32 Å². The fourth-order valence-electron chi connectivity index (χ4n) is 2.56. The van der Waals surface area contributed by atoms with E-state index in [0.29, 0.717) is 5.41 Å². The highest BCUT2D eigenvalue weighted by Gasteiger charge is 2.28. The summed E-state index contributed by atoms with van der Waals surface area (Å²) in [5, 5.41) is 6.75. The summed E-state index contributed by atoms with van der Waals surface area (Å²) in [6.07, 6.45) is 4.14. The molecule has 3 heterocycles. The molecule has 0 saturated carbocycles. The van der Waals surface area contributed by atoms with E-state index in [4.69, 9.17) is 0 Å². The number of nitrogens with zero attached hydrogens (tertiary/aromatic N) is 3. The van der Waals surface area contributed by atoms with Gasteiger partial charge in [0, 0.05) is 6.54 Å². The fraction of sp³-hybridized carbons (Fsp3) is 0.571. The van der Waals surface area contributed by atoms with E-state index < -0.39 is 0 Å². The Kier molecular flexibility index (Phi) is 3.41. The van der Waals surface area contributed by atoms with Crippen molar-refractivity contribution in [3.8, 4) is 0 Å². The zero-order chi connectivity index (χ0) is 13.3. The van der Waals surface area contributed by atoms with Gasteiger partial charge in [-0.15, -0.1) is 11.3 Å². The normalized spacial score (nSPS) is 19.7. The van der Waals surface area contributed by atoms with Crippen molar-refractivity contribution in [1.82, 2.24) is 14.9 Å². The molecular weight excluding hydrogens is 256 g/mol. The van der Waals surface area contributed by atoms with Crippen molar-refractivity contribution in [3.63, 3.8) is 0 Å². The molecule has 1 saturated heterocycles. The van der Waals surface area contributed by atoms with Gasteiger partial charge in [0.05, 0.1) is 5.39 Å². The molecule has 0 aliphatic carbocycles. The van der Waals surface area contributed by atoms with E-state index in [1.54, 1.807) is 17.7 Å². The van der Waals surface area contributed by atoms with Gasteiger partial charge in [-0.25, -0.2) is 9.97 Å². The number of nitrogens with one attached hydrogen (secondary N) is 1. The van der Waals surface area contributed by atoms with Gasteiger partial charge >= 0.3 is 0 Å². The first-order valence-corrected chi connectivity index (χ1v) is 7.65. The third-order valence-electron chi connectivity index (χ3n) is 4.14. The summed E-state index contributed by atoms with van der Waals surface area (Å²) in [4.78, 5) is 12.1. The Morgan fingerprint density at radius 2 is 2.16 bits per heavy atom. The number of thiophene rings is 1. The number of hydrogen-bond donors (Lipinski definition) is 1. The van der Waals surface area contributed by atoms with Crippen LogP contribution in [0.4, 0.5) is 5.82 Å². The third kappa shape index (κ3) is 2.72.